The quantitative estimate of drug-likeness (QED) is 0.877. The van der Waals surface area contributed by atoms with Gasteiger partial charge in [-0.25, -0.2) is 8.42 Å². The molecule has 0 spiro atoms. The van der Waals surface area contributed by atoms with Crippen LogP contribution in [-0.2, 0) is 10.0 Å². The van der Waals surface area contributed by atoms with E-state index in [2.05, 4.69) is 5.32 Å². The highest BCUT2D eigenvalue weighted by molar-refractivity contribution is 7.89. The average molecular weight is 298 g/mol. The van der Waals surface area contributed by atoms with Crippen LogP contribution in [0.25, 0.3) is 0 Å². The number of hydrogen-bond acceptors (Lipinski definition) is 3. The van der Waals surface area contributed by atoms with Gasteiger partial charge in [-0.3, -0.25) is 0 Å². The van der Waals surface area contributed by atoms with Gasteiger partial charge in [-0.2, -0.15) is 4.31 Å². The Morgan fingerprint density at radius 3 is 2.05 bits per heavy atom. The zero-order chi connectivity index (χ0) is 15.5. The lowest BCUT2D eigenvalue weighted by atomic mass is 10.1. The van der Waals surface area contributed by atoms with Gasteiger partial charge in [-0.05, 0) is 50.5 Å². The Morgan fingerprint density at radius 1 is 1.20 bits per heavy atom. The molecule has 1 aromatic carbocycles. The lowest BCUT2D eigenvalue weighted by Gasteiger charge is -2.28. The van der Waals surface area contributed by atoms with Crippen molar-refractivity contribution in [2.45, 2.75) is 52.0 Å². The van der Waals surface area contributed by atoms with Crippen molar-refractivity contribution in [3.8, 4) is 0 Å². The summed E-state index contributed by atoms with van der Waals surface area (Å²) in [4.78, 5) is 0.443. The highest BCUT2D eigenvalue weighted by Gasteiger charge is 2.29. The van der Waals surface area contributed by atoms with E-state index < -0.39 is 10.0 Å². The first-order valence-corrected chi connectivity index (χ1v) is 8.54. The molecule has 1 atom stereocenters. The summed E-state index contributed by atoms with van der Waals surface area (Å²) in [5, 5.41) is 3.06. The summed E-state index contributed by atoms with van der Waals surface area (Å²) < 4.78 is 27.4. The van der Waals surface area contributed by atoms with Gasteiger partial charge in [-0.1, -0.05) is 13.8 Å². The first-order chi connectivity index (χ1) is 9.29. The predicted octanol–water partition coefficient (Wildman–Crippen LogP) is 3.15. The van der Waals surface area contributed by atoms with Crippen molar-refractivity contribution in [2.24, 2.45) is 0 Å². The summed E-state index contributed by atoms with van der Waals surface area (Å²) in [6.45, 7) is 10.0. The van der Waals surface area contributed by atoms with Crippen LogP contribution in [0.3, 0.4) is 0 Å². The van der Waals surface area contributed by atoms with Gasteiger partial charge in [-0.15, -0.1) is 0 Å². The molecule has 0 aromatic heterocycles. The van der Waals surface area contributed by atoms with Gasteiger partial charge in [0, 0.05) is 25.3 Å². The number of benzene rings is 1. The molecule has 4 nitrogen and oxygen atoms in total. The third kappa shape index (κ3) is 3.15. The summed E-state index contributed by atoms with van der Waals surface area (Å²) in [6.07, 6.45) is 0.805. The van der Waals surface area contributed by atoms with Crippen molar-refractivity contribution >= 4 is 15.7 Å². The molecule has 0 aliphatic heterocycles. The zero-order valence-electron chi connectivity index (χ0n) is 13.3. The Kier molecular flexibility index (Phi) is 5.59. The maximum absolute atomic E-state index is 12.9. The Balaban J connectivity index is 3.42. The second-order valence-electron chi connectivity index (χ2n) is 5.15. The minimum absolute atomic E-state index is 0.00720. The Morgan fingerprint density at radius 2 is 1.70 bits per heavy atom. The van der Waals surface area contributed by atoms with Crippen LogP contribution < -0.4 is 5.32 Å². The minimum atomic E-state index is -3.44. The highest BCUT2D eigenvalue weighted by atomic mass is 32.2. The van der Waals surface area contributed by atoms with Gasteiger partial charge in [0.05, 0.1) is 4.90 Å². The molecule has 5 heteroatoms. The molecule has 1 unspecified atom stereocenters. The Hall–Kier alpha value is -1.07. The van der Waals surface area contributed by atoms with E-state index in [1.165, 1.54) is 0 Å². The Labute approximate surface area is 123 Å². The van der Waals surface area contributed by atoms with Crippen molar-refractivity contribution in [3.05, 3.63) is 23.3 Å². The number of sulfonamides is 1. The first-order valence-electron chi connectivity index (χ1n) is 7.10. The molecule has 1 rings (SSSR count). The van der Waals surface area contributed by atoms with Crippen molar-refractivity contribution in [1.29, 1.82) is 0 Å². The molecule has 0 saturated carbocycles. The fourth-order valence-electron chi connectivity index (χ4n) is 2.54. The van der Waals surface area contributed by atoms with Gasteiger partial charge < -0.3 is 5.32 Å². The van der Waals surface area contributed by atoms with Gasteiger partial charge in [0.1, 0.15) is 0 Å². The normalized spacial score (nSPS) is 13.6. The van der Waals surface area contributed by atoms with E-state index in [1.807, 2.05) is 53.8 Å². The van der Waals surface area contributed by atoms with Crippen LogP contribution >= 0.6 is 0 Å². The van der Waals surface area contributed by atoms with Crippen LogP contribution in [0.15, 0.2) is 17.0 Å². The number of hydrogen-bond donors (Lipinski definition) is 1. The summed E-state index contributed by atoms with van der Waals surface area (Å²) in [5.74, 6) is 0. The molecule has 0 aliphatic rings. The van der Waals surface area contributed by atoms with E-state index in [1.54, 1.807) is 4.31 Å². The molecule has 0 amide bonds. The molecule has 1 aromatic rings. The van der Waals surface area contributed by atoms with E-state index in [-0.39, 0.29) is 6.04 Å². The van der Waals surface area contributed by atoms with Crippen LogP contribution in [-0.4, -0.2) is 32.4 Å². The standard InChI is InChI=1S/C15H26N2O2S/c1-7-13(5)17(8-2)20(18,19)15-11(3)9-14(16-6)10-12(15)4/h9-10,13,16H,7-8H2,1-6H3. The number of nitrogens with zero attached hydrogens (tertiary/aromatic N) is 1. The molecular weight excluding hydrogens is 272 g/mol. The molecule has 0 fully saturated rings. The summed E-state index contributed by atoms with van der Waals surface area (Å²) >= 11 is 0. The van der Waals surface area contributed by atoms with Crippen LogP contribution in [0.4, 0.5) is 5.69 Å². The molecule has 114 valence electrons. The number of rotatable bonds is 6. The predicted molar refractivity (Wildman–Crippen MR) is 84.8 cm³/mol. The first kappa shape index (κ1) is 17.0. The third-order valence-corrected chi connectivity index (χ3v) is 6.11. The second-order valence-corrected chi connectivity index (χ2v) is 6.98. The third-order valence-electron chi connectivity index (χ3n) is 3.71. The van der Waals surface area contributed by atoms with E-state index in [4.69, 9.17) is 0 Å². The van der Waals surface area contributed by atoms with E-state index in [9.17, 15) is 8.42 Å². The van der Waals surface area contributed by atoms with Crippen LogP contribution in [0.1, 0.15) is 38.3 Å². The van der Waals surface area contributed by atoms with E-state index in [0.717, 1.165) is 23.2 Å². The average Bonchev–Trinajstić information content (AvgIpc) is 2.37. The largest absolute Gasteiger partial charge is 0.388 e. The maximum Gasteiger partial charge on any atom is 0.243 e. The number of aryl methyl sites for hydroxylation is 2. The minimum Gasteiger partial charge on any atom is -0.388 e. The summed E-state index contributed by atoms with van der Waals surface area (Å²) in [5.41, 5.74) is 2.51. The molecule has 0 heterocycles. The number of nitrogens with one attached hydrogen (secondary N) is 1. The zero-order valence-corrected chi connectivity index (χ0v) is 14.1. The maximum atomic E-state index is 12.9. The van der Waals surface area contributed by atoms with Gasteiger partial charge in [0.25, 0.3) is 0 Å². The summed E-state index contributed by atoms with van der Waals surface area (Å²) in [6, 6.07) is 3.77. The van der Waals surface area contributed by atoms with Crippen molar-refractivity contribution < 1.29 is 8.42 Å². The van der Waals surface area contributed by atoms with E-state index in [0.29, 0.717) is 11.4 Å². The van der Waals surface area contributed by atoms with Crippen molar-refractivity contribution in [2.75, 3.05) is 18.9 Å². The summed E-state index contributed by atoms with van der Waals surface area (Å²) in [7, 11) is -1.61. The van der Waals surface area contributed by atoms with E-state index >= 15 is 0 Å². The van der Waals surface area contributed by atoms with Crippen LogP contribution in [0.2, 0.25) is 0 Å². The smallest absolute Gasteiger partial charge is 0.243 e. The molecule has 0 radical (unpaired) electrons. The molecule has 1 N–H and O–H groups in total. The molecule has 20 heavy (non-hydrogen) atoms. The fraction of sp³-hybridized carbons (Fsp3) is 0.600. The molecule has 0 aliphatic carbocycles. The van der Waals surface area contributed by atoms with Gasteiger partial charge in [0.2, 0.25) is 10.0 Å². The molecular formula is C15H26N2O2S. The lowest BCUT2D eigenvalue weighted by molar-refractivity contribution is 0.342. The lowest BCUT2D eigenvalue weighted by Crippen LogP contribution is -2.38. The molecule has 0 bridgehead atoms. The second kappa shape index (κ2) is 6.59. The van der Waals surface area contributed by atoms with Crippen molar-refractivity contribution in [3.63, 3.8) is 0 Å². The topological polar surface area (TPSA) is 49.4 Å². The van der Waals surface area contributed by atoms with Crippen molar-refractivity contribution in [1.82, 2.24) is 4.31 Å². The van der Waals surface area contributed by atoms with Gasteiger partial charge in [0.15, 0.2) is 0 Å². The Bertz CT molecular complexity index is 544. The fourth-order valence-corrected chi connectivity index (χ4v) is 4.67. The number of anilines is 1. The van der Waals surface area contributed by atoms with Gasteiger partial charge >= 0.3 is 0 Å². The SMILES string of the molecule is CCC(C)N(CC)S(=O)(=O)c1c(C)cc(NC)cc1C. The molecule has 0 saturated heterocycles. The monoisotopic (exact) mass is 298 g/mol. The highest BCUT2D eigenvalue weighted by Crippen LogP contribution is 2.28. The van der Waals surface area contributed by atoms with Crippen LogP contribution in [0, 0.1) is 13.8 Å². The van der Waals surface area contributed by atoms with Crippen LogP contribution in [0.5, 0.6) is 0 Å².